The van der Waals surface area contributed by atoms with Gasteiger partial charge in [0, 0.05) is 36.2 Å². The van der Waals surface area contributed by atoms with Crippen molar-refractivity contribution >= 4 is 46.2 Å². The summed E-state index contributed by atoms with van der Waals surface area (Å²) in [5.41, 5.74) is 1.15. The molecule has 2 aromatic rings. The van der Waals surface area contributed by atoms with Crippen LogP contribution in [-0.4, -0.2) is 66.8 Å². The molecule has 0 fully saturated rings. The van der Waals surface area contributed by atoms with Crippen LogP contribution in [0.25, 0.3) is 0 Å². The number of H-pyrrole nitrogens is 2. The molecule has 0 aliphatic rings. The minimum absolute atomic E-state index is 0. The molecule has 1 radical (unpaired) electrons. The van der Waals surface area contributed by atoms with Gasteiger partial charge in [-0.05, 0) is 27.7 Å². The van der Waals surface area contributed by atoms with Gasteiger partial charge in [-0.15, -0.1) is 23.2 Å². The van der Waals surface area contributed by atoms with E-state index in [1.807, 2.05) is 0 Å². The number of halogens is 4. The van der Waals surface area contributed by atoms with Gasteiger partial charge in [-0.2, -0.15) is 0 Å². The number of carbonyl (C=O) groups is 2. The Morgan fingerprint density at radius 3 is 1.29 bits per heavy atom. The van der Waals surface area contributed by atoms with E-state index in [4.69, 9.17) is 23.2 Å². The Morgan fingerprint density at radius 2 is 1.13 bits per heavy atom. The quantitative estimate of drug-likeness (QED) is 0.191. The van der Waals surface area contributed by atoms with Crippen LogP contribution in [0.4, 0.5) is 0 Å². The minimum Gasteiger partial charge on any atom is -1.00 e. The van der Waals surface area contributed by atoms with E-state index in [0.29, 0.717) is 24.5 Å². The molecule has 0 bridgehead atoms. The van der Waals surface area contributed by atoms with Crippen LogP contribution in [0.2, 0.25) is 0 Å². The molecule has 0 aromatic carbocycles. The molecule has 2 rings (SSSR count). The Morgan fingerprint density at radius 1 is 0.806 bits per heavy atom. The molecule has 13 heteroatoms. The van der Waals surface area contributed by atoms with Crippen LogP contribution < -0.4 is 34.0 Å². The zero-order valence-electron chi connectivity index (χ0n) is 17.5. The summed E-state index contributed by atoms with van der Waals surface area (Å²) >= 11 is 11.6. The zero-order chi connectivity index (χ0) is 21.4. The first-order valence-corrected chi connectivity index (χ1v) is 9.31. The maximum atomic E-state index is 11.0. The molecule has 2 atom stereocenters. The normalized spacial score (nSPS) is 12.1. The number of nitrogens with zero attached hydrogens (tertiary/aromatic N) is 4. The molecule has 0 spiro atoms. The van der Waals surface area contributed by atoms with Crippen molar-refractivity contribution in [2.24, 2.45) is 9.98 Å². The van der Waals surface area contributed by atoms with E-state index in [1.165, 1.54) is 13.8 Å². The van der Waals surface area contributed by atoms with E-state index in [1.54, 1.807) is 51.3 Å². The van der Waals surface area contributed by atoms with Crippen molar-refractivity contribution in [1.29, 1.82) is 0 Å². The Balaban J connectivity index is -0.000000228. The smallest absolute Gasteiger partial charge is 1.00 e. The first-order valence-electron chi connectivity index (χ1n) is 8.43. The molecule has 177 valence electrons. The number of rotatable bonds is 7. The van der Waals surface area contributed by atoms with Crippen LogP contribution >= 0.6 is 23.2 Å². The van der Waals surface area contributed by atoms with Gasteiger partial charge in [-0.1, -0.05) is 0 Å². The van der Waals surface area contributed by atoms with Gasteiger partial charge in [-0.25, -0.2) is 9.97 Å². The standard InChI is InChI=1S/C12H18Cl2N2O2.2C3H4N2.2BrH.Co/c1-7(11(13)9(3)17)15-5-6-16-8(2)12(14)10(4)18;2*1-2-5-3-4-1;;;/h11-12H,5-6H2,1-4H3;2*1-3H,(H,4,5);2*1H;/q;;;;;+2/p-2. The van der Waals surface area contributed by atoms with Gasteiger partial charge in [0.05, 0.1) is 25.7 Å². The van der Waals surface area contributed by atoms with E-state index in [2.05, 4.69) is 29.9 Å². The first-order chi connectivity index (χ1) is 13.3. The monoisotopic (exact) mass is 645 g/mol. The second-order valence-electron chi connectivity index (χ2n) is 5.51. The third kappa shape index (κ3) is 20.8. The van der Waals surface area contributed by atoms with Crippen molar-refractivity contribution in [3.05, 3.63) is 37.4 Å². The summed E-state index contributed by atoms with van der Waals surface area (Å²) in [5.74, 6) is -0.259. The Bertz CT molecular complexity index is 635. The molecular formula is C18H26Br2Cl2CoN6O2. The molecule has 0 aliphatic heterocycles. The number of imidazole rings is 2. The summed E-state index contributed by atoms with van der Waals surface area (Å²) < 4.78 is 0. The van der Waals surface area contributed by atoms with Crippen molar-refractivity contribution < 1.29 is 60.3 Å². The van der Waals surface area contributed by atoms with Gasteiger partial charge >= 0.3 is 16.8 Å². The number of aromatic amines is 2. The van der Waals surface area contributed by atoms with Crippen molar-refractivity contribution in [3.8, 4) is 0 Å². The number of hydrogen-bond donors (Lipinski definition) is 2. The fraction of sp³-hybridized carbons (Fsp3) is 0.444. The number of aliphatic imine (C=N–C) groups is 2. The summed E-state index contributed by atoms with van der Waals surface area (Å²) in [6.45, 7) is 7.08. The zero-order valence-corrected chi connectivity index (χ0v) is 23.2. The minimum atomic E-state index is -0.673. The predicted octanol–water partition coefficient (Wildman–Crippen LogP) is -2.87. The van der Waals surface area contributed by atoms with E-state index in [-0.39, 0.29) is 62.3 Å². The third-order valence-electron chi connectivity index (χ3n) is 3.08. The maximum absolute atomic E-state index is 11.0. The van der Waals surface area contributed by atoms with Gasteiger partial charge in [0.2, 0.25) is 0 Å². The second-order valence-corrected chi connectivity index (χ2v) is 6.39. The van der Waals surface area contributed by atoms with E-state index in [9.17, 15) is 9.59 Å². The van der Waals surface area contributed by atoms with Crippen molar-refractivity contribution in [3.63, 3.8) is 0 Å². The van der Waals surface area contributed by atoms with Crippen LogP contribution in [-0.2, 0) is 26.4 Å². The van der Waals surface area contributed by atoms with Gasteiger partial charge in [-0.3, -0.25) is 19.6 Å². The van der Waals surface area contributed by atoms with Gasteiger partial charge < -0.3 is 43.9 Å². The average molecular weight is 648 g/mol. The summed E-state index contributed by atoms with van der Waals surface area (Å²) in [7, 11) is 0. The maximum Gasteiger partial charge on any atom is 2.00 e. The number of hydrogen-bond acceptors (Lipinski definition) is 6. The molecule has 0 amide bonds. The number of alkyl halides is 2. The van der Waals surface area contributed by atoms with Crippen LogP contribution in [0.1, 0.15) is 27.7 Å². The van der Waals surface area contributed by atoms with Crippen LogP contribution in [0.5, 0.6) is 0 Å². The molecule has 2 heterocycles. The SMILES string of the molecule is CC(=O)C(Cl)C(C)=NCCN=C(C)C(Cl)C(C)=O.[Br-].[Br-].[Co+2].c1c[nH]cn1.c1c[nH]cn1. The number of ketones is 2. The Kier molecular flexibility index (Phi) is 28.8. The second kappa shape index (κ2) is 23.8. The first kappa shape index (κ1) is 37.5. The Hall–Kier alpha value is -0.854. The molecule has 2 unspecified atom stereocenters. The van der Waals surface area contributed by atoms with Crippen LogP contribution in [0.15, 0.2) is 47.4 Å². The van der Waals surface area contributed by atoms with Gasteiger partial charge in [0.1, 0.15) is 10.8 Å². The van der Waals surface area contributed by atoms with E-state index < -0.39 is 10.8 Å². The van der Waals surface area contributed by atoms with Crippen molar-refractivity contribution in [2.45, 2.75) is 38.4 Å². The topological polar surface area (TPSA) is 116 Å². The summed E-state index contributed by atoms with van der Waals surface area (Å²) in [5, 5.41) is -1.35. The van der Waals surface area contributed by atoms with Crippen LogP contribution in [0.3, 0.4) is 0 Å². The molecule has 2 aromatic heterocycles. The average Bonchev–Trinajstić information content (AvgIpc) is 3.41. The summed E-state index contributed by atoms with van der Waals surface area (Å²) in [6, 6.07) is 0. The molecule has 0 saturated carbocycles. The third-order valence-corrected chi connectivity index (χ3v) is 4.33. The molecular weight excluding hydrogens is 622 g/mol. The molecule has 8 nitrogen and oxygen atoms in total. The fourth-order valence-corrected chi connectivity index (χ4v) is 1.77. The largest absolute Gasteiger partial charge is 2.00 e. The van der Waals surface area contributed by atoms with Gasteiger partial charge in [0.25, 0.3) is 0 Å². The van der Waals surface area contributed by atoms with E-state index in [0.717, 1.165) is 0 Å². The number of aromatic nitrogens is 4. The molecule has 31 heavy (non-hydrogen) atoms. The van der Waals surface area contributed by atoms with Crippen molar-refractivity contribution in [1.82, 2.24) is 19.9 Å². The van der Waals surface area contributed by atoms with Gasteiger partial charge in [0.15, 0.2) is 11.6 Å². The molecule has 2 N–H and O–H groups in total. The number of nitrogens with one attached hydrogen (secondary N) is 2. The van der Waals surface area contributed by atoms with E-state index >= 15 is 0 Å². The summed E-state index contributed by atoms with van der Waals surface area (Å²) in [6.07, 6.45) is 10.2. The fourth-order valence-electron chi connectivity index (χ4n) is 1.63. The summed E-state index contributed by atoms with van der Waals surface area (Å²) in [4.78, 5) is 43.1. The molecule has 0 aliphatic carbocycles. The number of carbonyl (C=O) groups excluding carboxylic acids is 2. The predicted molar refractivity (Wildman–Crippen MR) is 114 cm³/mol. The molecule has 0 saturated heterocycles. The Labute approximate surface area is 224 Å². The van der Waals surface area contributed by atoms with Crippen LogP contribution in [0, 0.1) is 0 Å². The van der Waals surface area contributed by atoms with Crippen molar-refractivity contribution in [2.75, 3.05) is 13.1 Å². The number of Topliss-reactive ketones (excluding diaryl/α,β-unsaturated/α-hetero) is 2.